The monoisotopic (exact) mass is 308 g/mol. The van der Waals surface area contributed by atoms with E-state index in [4.69, 9.17) is 0 Å². The van der Waals surface area contributed by atoms with Crippen LogP contribution in [-0.2, 0) is 22.4 Å². The molecule has 1 heterocycles. The standard InChI is InChI=1S/C18H16N2O3/c1-3-11-9-12-7-10(5-6-14(12)13(11)4-2)8-15-16(21)19-18(23)20-17(15)22/h3-7,15H,1-2,8-9H2,(H2,19,20,21,22,23). The number of barbiturate groups is 1. The minimum absolute atomic E-state index is 0.255. The molecule has 2 N–H and O–H groups in total. The lowest BCUT2D eigenvalue weighted by Crippen LogP contribution is -2.56. The zero-order chi connectivity index (χ0) is 16.6. The van der Waals surface area contributed by atoms with Crippen molar-refractivity contribution in [2.75, 3.05) is 0 Å². The fourth-order valence-electron chi connectivity index (χ4n) is 3.05. The first-order chi connectivity index (χ1) is 11.0. The van der Waals surface area contributed by atoms with Gasteiger partial charge in [0.15, 0.2) is 0 Å². The van der Waals surface area contributed by atoms with Gasteiger partial charge in [-0.05, 0) is 40.7 Å². The molecular formula is C18H16N2O3. The van der Waals surface area contributed by atoms with E-state index in [-0.39, 0.29) is 6.42 Å². The van der Waals surface area contributed by atoms with E-state index in [9.17, 15) is 14.4 Å². The Morgan fingerprint density at radius 2 is 1.78 bits per heavy atom. The summed E-state index contributed by atoms with van der Waals surface area (Å²) in [6, 6.07) is 5.10. The highest BCUT2D eigenvalue weighted by Crippen LogP contribution is 2.34. The van der Waals surface area contributed by atoms with Crippen molar-refractivity contribution in [2.24, 2.45) is 5.92 Å². The van der Waals surface area contributed by atoms with E-state index in [0.717, 1.165) is 34.3 Å². The second kappa shape index (κ2) is 5.68. The predicted octanol–water partition coefficient (Wildman–Crippen LogP) is 1.89. The minimum Gasteiger partial charge on any atom is -0.277 e. The number of fused-ring (bicyclic) bond motifs is 1. The first-order valence-electron chi connectivity index (χ1n) is 7.29. The molecule has 1 aromatic rings. The molecule has 2 aliphatic rings. The number of hydrogen-bond acceptors (Lipinski definition) is 3. The lowest BCUT2D eigenvalue weighted by Gasteiger charge is -2.20. The van der Waals surface area contributed by atoms with E-state index in [1.54, 1.807) is 0 Å². The average molecular weight is 308 g/mol. The number of amides is 4. The molecule has 0 unspecified atom stereocenters. The number of hydrogen-bond donors (Lipinski definition) is 2. The zero-order valence-electron chi connectivity index (χ0n) is 12.5. The average Bonchev–Trinajstić information content (AvgIpc) is 2.87. The molecule has 5 nitrogen and oxygen atoms in total. The fraction of sp³-hybridized carbons (Fsp3) is 0.167. The molecule has 0 atom stereocenters. The third-order valence-electron chi connectivity index (χ3n) is 4.18. The third kappa shape index (κ3) is 2.61. The summed E-state index contributed by atoms with van der Waals surface area (Å²) >= 11 is 0. The van der Waals surface area contributed by atoms with Gasteiger partial charge in [-0.15, -0.1) is 0 Å². The van der Waals surface area contributed by atoms with Crippen molar-refractivity contribution in [3.05, 3.63) is 65.8 Å². The fourth-order valence-corrected chi connectivity index (χ4v) is 3.05. The summed E-state index contributed by atoms with van der Waals surface area (Å²) in [5, 5.41) is 4.24. The lowest BCUT2D eigenvalue weighted by molar-refractivity contribution is -0.135. The van der Waals surface area contributed by atoms with Crippen LogP contribution in [0.5, 0.6) is 0 Å². The van der Waals surface area contributed by atoms with Crippen LogP contribution in [0, 0.1) is 5.92 Å². The van der Waals surface area contributed by atoms with E-state index in [1.807, 2.05) is 30.4 Å². The molecule has 1 aliphatic carbocycles. The molecule has 1 fully saturated rings. The molecule has 1 saturated heterocycles. The van der Waals surface area contributed by atoms with Gasteiger partial charge in [0.1, 0.15) is 5.92 Å². The SMILES string of the molecule is C=CC1=C(C=C)c2ccc(CC3C(=O)NC(=O)NC3=O)cc2C1. The molecule has 4 amide bonds. The first kappa shape index (κ1) is 15.0. The Labute approximate surface area is 133 Å². The van der Waals surface area contributed by atoms with Gasteiger partial charge in [-0.2, -0.15) is 0 Å². The van der Waals surface area contributed by atoms with E-state index >= 15 is 0 Å². The third-order valence-corrected chi connectivity index (χ3v) is 4.18. The quantitative estimate of drug-likeness (QED) is 0.834. The molecule has 0 spiro atoms. The normalized spacial score (nSPS) is 17.7. The van der Waals surface area contributed by atoms with Crippen LogP contribution in [0.4, 0.5) is 4.79 Å². The predicted molar refractivity (Wildman–Crippen MR) is 86.3 cm³/mol. The summed E-state index contributed by atoms with van der Waals surface area (Å²) in [7, 11) is 0. The molecule has 0 saturated carbocycles. The van der Waals surface area contributed by atoms with Crippen LogP contribution in [0.15, 0.2) is 49.1 Å². The summed E-state index contributed by atoms with van der Waals surface area (Å²) in [5.41, 5.74) is 5.29. The molecule has 5 heteroatoms. The minimum atomic E-state index is -0.891. The second-order valence-electron chi connectivity index (χ2n) is 5.58. The van der Waals surface area contributed by atoms with Gasteiger partial charge in [-0.3, -0.25) is 20.2 Å². The van der Waals surface area contributed by atoms with Crippen LogP contribution in [0.25, 0.3) is 5.57 Å². The van der Waals surface area contributed by atoms with Crippen LogP contribution in [0.1, 0.15) is 16.7 Å². The van der Waals surface area contributed by atoms with E-state index in [1.165, 1.54) is 0 Å². The summed E-state index contributed by atoms with van der Waals surface area (Å²) in [5.74, 6) is -2.01. The molecule has 1 aliphatic heterocycles. The molecule has 0 aromatic heterocycles. The maximum atomic E-state index is 11.8. The van der Waals surface area contributed by atoms with Crippen molar-refractivity contribution in [1.82, 2.24) is 10.6 Å². The van der Waals surface area contributed by atoms with Crippen molar-refractivity contribution in [3.8, 4) is 0 Å². The molecule has 3 rings (SSSR count). The molecule has 0 bridgehead atoms. The summed E-state index contributed by atoms with van der Waals surface area (Å²) in [6.07, 6.45) is 4.65. The van der Waals surface area contributed by atoms with Gasteiger partial charge >= 0.3 is 6.03 Å². The van der Waals surface area contributed by atoms with Crippen LogP contribution < -0.4 is 10.6 Å². The zero-order valence-corrected chi connectivity index (χ0v) is 12.5. The van der Waals surface area contributed by atoms with Crippen molar-refractivity contribution in [3.63, 3.8) is 0 Å². The van der Waals surface area contributed by atoms with Crippen LogP contribution in [0.3, 0.4) is 0 Å². The highest BCUT2D eigenvalue weighted by molar-refractivity contribution is 6.16. The van der Waals surface area contributed by atoms with Crippen molar-refractivity contribution >= 4 is 23.4 Å². The smallest absolute Gasteiger partial charge is 0.277 e. The van der Waals surface area contributed by atoms with Gasteiger partial charge in [-0.25, -0.2) is 4.79 Å². The number of imide groups is 2. The summed E-state index contributed by atoms with van der Waals surface area (Å²) < 4.78 is 0. The first-order valence-corrected chi connectivity index (χ1v) is 7.29. The Kier molecular flexibility index (Phi) is 3.70. The van der Waals surface area contributed by atoms with Crippen molar-refractivity contribution < 1.29 is 14.4 Å². The largest absolute Gasteiger partial charge is 0.328 e. The van der Waals surface area contributed by atoms with Gasteiger partial charge in [-0.1, -0.05) is 43.5 Å². The Bertz CT molecular complexity index is 769. The van der Waals surface area contributed by atoms with Gasteiger partial charge in [0.05, 0.1) is 0 Å². The molecule has 0 radical (unpaired) electrons. The molecule has 1 aromatic carbocycles. The number of urea groups is 1. The Hall–Kier alpha value is -2.95. The lowest BCUT2D eigenvalue weighted by atomic mass is 9.93. The molecule has 116 valence electrons. The van der Waals surface area contributed by atoms with E-state index in [0.29, 0.717) is 0 Å². The van der Waals surface area contributed by atoms with Gasteiger partial charge in [0.25, 0.3) is 0 Å². The summed E-state index contributed by atoms with van der Waals surface area (Å²) in [6.45, 7) is 7.66. The van der Waals surface area contributed by atoms with Crippen LogP contribution in [0.2, 0.25) is 0 Å². The maximum Gasteiger partial charge on any atom is 0.328 e. The Morgan fingerprint density at radius 3 is 2.39 bits per heavy atom. The highest BCUT2D eigenvalue weighted by Gasteiger charge is 2.34. The highest BCUT2D eigenvalue weighted by atomic mass is 16.2. The number of benzene rings is 1. The van der Waals surface area contributed by atoms with Crippen molar-refractivity contribution in [1.29, 1.82) is 0 Å². The number of carbonyl (C=O) groups excluding carboxylic acids is 3. The van der Waals surface area contributed by atoms with E-state index in [2.05, 4.69) is 23.8 Å². The Morgan fingerprint density at radius 1 is 1.09 bits per heavy atom. The number of allylic oxidation sites excluding steroid dienone is 4. The van der Waals surface area contributed by atoms with Crippen molar-refractivity contribution in [2.45, 2.75) is 12.8 Å². The maximum absolute atomic E-state index is 11.8. The van der Waals surface area contributed by atoms with Gasteiger partial charge in [0.2, 0.25) is 11.8 Å². The van der Waals surface area contributed by atoms with Crippen LogP contribution >= 0.6 is 0 Å². The number of carbonyl (C=O) groups is 3. The molecule has 23 heavy (non-hydrogen) atoms. The van der Waals surface area contributed by atoms with Gasteiger partial charge in [0, 0.05) is 0 Å². The summed E-state index contributed by atoms with van der Waals surface area (Å²) in [4.78, 5) is 34.7. The number of rotatable bonds is 4. The van der Waals surface area contributed by atoms with Gasteiger partial charge < -0.3 is 0 Å². The molecular weight excluding hydrogens is 292 g/mol. The second-order valence-corrected chi connectivity index (χ2v) is 5.58. The van der Waals surface area contributed by atoms with E-state index < -0.39 is 23.8 Å². The Balaban J connectivity index is 1.84. The topological polar surface area (TPSA) is 75.3 Å². The van der Waals surface area contributed by atoms with Crippen LogP contribution in [-0.4, -0.2) is 17.8 Å². The number of nitrogens with one attached hydrogen (secondary N) is 2.